The smallest absolute Gasteiger partial charge is 0.250 e. The van der Waals surface area contributed by atoms with E-state index in [1.807, 2.05) is 0 Å². The largest absolute Gasteiger partial charge is 0.299 e. The van der Waals surface area contributed by atoms with Gasteiger partial charge in [0, 0.05) is 18.0 Å². The van der Waals surface area contributed by atoms with Crippen molar-refractivity contribution in [1.82, 2.24) is 9.62 Å². The van der Waals surface area contributed by atoms with E-state index >= 15 is 0 Å². The van der Waals surface area contributed by atoms with Crippen molar-refractivity contribution in [2.75, 3.05) is 25.9 Å². The fraction of sp³-hybridized carbons (Fsp3) is 0.444. The Morgan fingerprint density at radius 1 is 1.23 bits per heavy atom. The van der Waals surface area contributed by atoms with Gasteiger partial charge in [-0.15, -0.1) is 23.1 Å². The fourth-order valence-corrected chi connectivity index (χ4v) is 6.94. The van der Waals surface area contributed by atoms with Crippen molar-refractivity contribution in [3.63, 3.8) is 0 Å². The molecule has 0 saturated carbocycles. The summed E-state index contributed by atoms with van der Waals surface area (Å²) in [6.07, 6.45) is 4.17. The Morgan fingerprint density at radius 3 is 2.62 bits per heavy atom. The minimum absolute atomic E-state index is 0.371. The van der Waals surface area contributed by atoms with Crippen molar-refractivity contribution in [2.45, 2.75) is 28.5 Å². The van der Waals surface area contributed by atoms with Crippen molar-refractivity contribution < 1.29 is 8.42 Å². The molecular weight excluding hydrogens is 452 g/mol. The van der Waals surface area contributed by atoms with E-state index in [2.05, 4.69) is 56.1 Å². The fourth-order valence-electron chi connectivity index (χ4n) is 3.16. The van der Waals surface area contributed by atoms with Crippen LogP contribution in [0.1, 0.15) is 18.4 Å². The predicted molar refractivity (Wildman–Crippen MR) is 113 cm³/mol. The molecule has 142 valence electrons. The van der Waals surface area contributed by atoms with Gasteiger partial charge in [0.15, 0.2) is 0 Å². The number of hydrogen-bond donors (Lipinski definition) is 1. The lowest BCUT2D eigenvalue weighted by atomic mass is 9.97. The Balaban J connectivity index is 1.48. The lowest BCUT2D eigenvalue weighted by Gasteiger charge is -2.32. The van der Waals surface area contributed by atoms with E-state index in [0.29, 0.717) is 16.7 Å². The van der Waals surface area contributed by atoms with Crippen LogP contribution in [0.4, 0.5) is 0 Å². The second-order valence-electron chi connectivity index (χ2n) is 6.44. The quantitative estimate of drug-likeness (QED) is 0.603. The van der Waals surface area contributed by atoms with Crippen LogP contribution in [-0.4, -0.2) is 39.2 Å². The van der Waals surface area contributed by atoms with E-state index in [9.17, 15) is 8.42 Å². The van der Waals surface area contributed by atoms with Crippen LogP contribution in [0.15, 0.2) is 49.3 Å². The first-order chi connectivity index (χ1) is 12.5. The van der Waals surface area contributed by atoms with Gasteiger partial charge in [0.05, 0.1) is 3.79 Å². The van der Waals surface area contributed by atoms with Crippen molar-refractivity contribution in [1.29, 1.82) is 0 Å². The van der Waals surface area contributed by atoms with Crippen molar-refractivity contribution in [2.24, 2.45) is 5.92 Å². The Morgan fingerprint density at radius 2 is 1.96 bits per heavy atom. The van der Waals surface area contributed by atoms with E-state index in [-0.39, 0.29) is 0 Å². The normalized spacial score (nSPS) is 16.8. The summed E-state index contributed by atoms with van der Waals surface area (Å²) in [5.41, 5.74) is 1.38. The van der Waals surface area contributed by atoms with E-state index < -0.39 is 10.0 Å². The van der Waals surface area contributed by atoms with Crippen LogP contribution in [0.2, 0.25) is 0 Å². The first-order valence-electron chi connectivity index (χ1n) is 8.57. The van der Waals surface area contributed by atoms with Crippen LogP contribution in [0, 0.1) is 5.92 Å². The topological polar surface area (TPSA) is 49.4 Å². The number of nitrogens with one attached hydrogen (secondary N) is 1. The minimum atomic E-state index is -3.39. The maximum atomic E-state index is 12.3. The molecule has 1 saturated heterocycles. The summed E-state index contributed by atoms with van der Waals surface area (Å²) >= 11 is 6.35. The highest BCUT2D eigenvalue weighted by atomic mass is 79.9. The molecule has 0 spiro atoms. The van der Waals surface area contributed by atoms with Gasteiger partial charge in [-0.3, -0.25) is 4.90 Å². The first kappa shape index (κ1) is 20.4. The lowest BCUT2D eigenvalue weighted by molar-refractivity contribution is 0.177. The third-order valence-electron chi connectivity index (χ3n) is 4.67. The predicted octanol–water partition coefficient (Wildman–Crippen LogP) is 4.42. The van der Waals surface area contributed by atoms with Crippen LogP contribution in [0.25, 0.3) is 0 Å². The Hall–Kier alpha value is -0.380. The van der Waals surface area contributed by atoms with Crippen molar-refractivity contribution >= 4 is 49.1 Å². The zero-order chi connectivity index (χ0) is 18.6. The number of hydrogen-bond acceptors (Lipinski definition) is 5. The van der Waals surface area contributed by atoms with Crippen LogP contribution in [0.3, 0.4) is 0 Å². The summed E-state index contributed by atoms with van der Waals surface area (Å²) in [5, 5.41) is 0. The number of thioether (sulfide) groups is 1. The maximum absolute atomic E-state index is 12.3. The zero-order valence-electron chi connectivity index (χ0n) is 14.7. The van der Waals surface area contributed by atoms with Gasteiger partial charge >= 0.3 is 0 Å². The average Bonchev–Trinajstić information content (AvgIpc) is 3.09. The van der Waals surface area contributed by atoms with Crippen LogP contribution in [-0.2, 0) is 16.6 Å². The molecule has 1 aromatic carbocycles. The Kier molecular flexibility index (Phi) is 7.21. The number of nitrogens with zero attached hydrogens (tertiary/aromatic N) is 1. The molecule has 26 heavy (non-hydrogen) atoms. The van der Waals surface area contributed by atoms with Gasteiger partial charge in [0.2, 0.25) is 10.0 Å². The number of halogens is 1. The van der Waals surface area contributed by atoms with Crippen molar-refractivity contribution in [3.8, 4) is 0 Å². The summed E-state index contributed by atoms with van der Waals surface area (Å²) in [7, 11) is -3.39. The van der Waals surface area contributed by atoms with Crippen LogP contribution in [0.5, 0.6) is 0 Å². The molecule has 3 rings (SSSR count). The van der Waals surface area contributed by atoms with Gasteiger partial charge in [-0.25, -0.2) is 13.1 Å². The summed E-state index contributed by atoms with van der Waals surface area (Å²) in [4.78, 5) is 3.81. The number of benzene rings is 1. The van der Waals surface area contributed by atoms with Gasteiger partial charge in [-0.1, -0.05) is 18.2 Å². The van der Waals surface area contributed by atoms with Gasteiger partial charge < -0.3 is 0 Å². The van der Waals surface area contributed by atoms with Crippen molar-refractivity contribution in [3.05, 3.63) is 45.7 Å². The van der Waals surface area contributed by atoms with Crippen LogP contribution < -0.4 is 4.72 Å². The van der Waals surface area contributed by atoms with E-state index in [1.54, 1.807) is 23.9 Å². The minimum Gasteiger partial charge on any atom is -0.299 e. The molecule has 0 amide bonds. The highest BCUT2D eigenvalue weighted by molar-refractivity contribution is 9.11. The molecule has 0 radical (unpaired) electrons. The molecule has 0 atom stereocenters. The highest BCUT2D eigenvalue weighted by Gasteiger charge is 2.23. The molecular formula is C18H23BrN2O2S3. The summed E-state index contributed by atoms with van der Waals surface area (Å²) in [5.74, 6) is 0.403. The standard InChI is InChI=1S/C18H23BrN2O2S3/c1-24-16-5-3-2-4-15(16)13-21-10-8-14(9-11-21)12-20-26(22,23)18-7-6-17(19)25-18/h2-7,14,20H,8-13H2,1H3. The van der Waals surface area contributed by atoms with Gasteiger partial charge in [0.25, 0.3) is 0 Å². The molecule has 1 N–H and O–H groups in total. The molecule has 2 aromatic rings. The molecule has 0 unspecified atom stereocenters. The third-order valence-corrected chi connectivity index (χ3v) is 9.05. The Bertz CT molecular complexity index is 830. The van der Waals surface area contributed by atoms with Gasteiger partial charge in [-0.2, -0.15) is 0 Å². The number of piperidine rings is 1. The third kappa shape index (κ3) is 5.33. The molecule has 0 bridgehead atoms. The lowest BCUT2D eigenvalue weighted by Crippen LogP contribution is -2.38. The Labute approximate surface area is 172 Å². The highest BCUT2D eigenvalue weighted by Crippen LogP contribution is 2.27. The number of likely N-dealkylation sites (tertiary alicyclic amines) is 1. The van der Waals surface area contributed by atoms with E-state index in [1.165, 1.54) is 21.8 Å². The molecule has 1 fully saturated rings. The maximum Gasteiger partial charge on any atom is 0.250 e. The summed E-state index contributed by atoms with van der Waals surface area (Å²) < 4.78 is 28.6. The van der Waals surface area contributed by atoms with Crippen LogP contribution >= 0.6 is 39.0 Å². The number of sulfonamides is 1. The summed E-state index contributed by atoms with van der Waals surface area (Å²) in [6, 6.07) is 12.0. The number of rotatable bonds is 7. The van der Waals surface area contributed by atoms with Gasteiger partial charge in [-0.05, 0) is 77.8 Å². The van der Waals surface area contributed by atoms with E-state index in [4.69, 9.17) is 0 Å². The monoisotopic (exact) mass is 474 g/mol. The second kappa shape index (κ2) is 9.21. The molecule has 0 aliphatic carbocycles. The van der Waals surface area contributed by atoms with Gasteiger partial charge in [0.1, 0.15) is 4.21 Å². The average molecular weight is 475 g/mol. The molecule has 1 aliphatic rings. The summed E-state index contributed by atoms with van der Waals surface area (Å²) in [6.45, 7) is 3.52. The number of thiophene rings is 1. The first-order valence-corrected chi connectivity index (χ1v) is 12.9. The zero-order valence-corrected chi connectivity index (χ0v) is 18.7. The molecule has 4 nitrogen and oxygen atoms in total. The molecule has 8 heteroatoms. The van der Waals surface area contributed by atoms with E-state index in [0.717, 1.165) is 36.3 Å². The molecule has 1 aliphatic heterocycles. The molecule has 1 aromatic heterocycles. The SMILES string of the molecule is CSc1ccccc1CN1CCC(CNS(=O)(=O)c2ccc(Br)s2)CC1. The molecule has 2 heterocycles. The second-order valence-corrected chi connectivity index (χ2v) is 11.7.